The smallest absolute Gasteiger partial charge is 0.407 e. The second-order valence-corrected chi connectivity index (χ2v) is 2.90. The number of primary amides is 1. The molecule has 2 atom stereocenters. The quantitative estimate of drug-likeness (QED) is 0.663. The SMILES string of the molecule is CC[C@H](C)C(NC(=O)OC)C(N)=O. The Labute approximate surface area is 77.6 Å². The van der Waals surface area contributed by atoms with Crippen LogP contribution in [0.1, 0.15) is 20.3 Å². The Morgan fingerprint density at radius 3 is 2.38 bits per heavy atom. The second kappa shape index (κ2) is 5.40. The van der Waals surface area contributed by atoms with Crippen molar-refractivity contribution in [3.05, 3.63) is 0 Å². The third-order valence-electron chi connectivity index (χ3n) is 1.98. The van der Waals surface area contributed by atoms with Gasteiger partial charge in [0.15, 0.2) is 0 Å². The van der Waals surface area contributed by atoms with Crippen molar-refractivity contribution in [1.82, 2.24) is 5.32 Å². The lowest BCUT2D eigenvalue weighted by molar-refractivity contribution is -0.121. The molecule has 0 heterocycles. The highest BCUT2D eigenvalue weighted by molar-refractivity contribution is 5.84. The Kier molecular flexibility index (Phi) is 4.87. The number of nitrogens with two attached hydrogens (primary N) is 1. The van der Waals surface area contributed by atoms with Crippen LogP contribution in [0.4, 0.5) is 4.79 Å². The molecule has 1 unspecified atom stereocenters. The van der Waals surface area contributed by atoms with Gasteiger partial charge in [0.2, 0.25) is 5.91 Å². The predicted molar refractivity (Wildman–Crippen MR) is 48.0 cm³/mol. The molecule has 0 rings (SSSR count). The Hall–Kier alpha value is -1.26. The number of amides is 2. The van der Waals surface area contributed by atoms with Crippen molar-refractivity contribution in [2.75, 3.05) is 7.11 Å². The van der Waals surface area contributed by atoms with Crippen LogP contribution < -0.4 is 11.1 Å². The number of nitrogens with one attached hydrogen (secondary N) is 1. The van der Waals surface area contributed by atoms with E-state index in [1.54, 1.807) is 0 Å². The first kappa shape index (κ1) is 11.7. The summed E-state index contributed by atoms with van der Waals surface area (Å²) < 4.78 is 4.37. The van der Waals surface area contributed by atoms with Crippen LogP contribution in [0.15, 0.2) is 0 Å². The van der Waals surface area contributed by atoms with Gasteiger partial charge in [0.05, 0.1) is 7.11 Å². The van der Waals surface area contributed by atoms with E-state index in [0.717, 1.165) is 6.42 Å². The van der Waals surface area contributed by atoms with E-state index in [2.05, 4.69) is 10.1 Å². The van der Waals surface area contributed by atoms with Gasteiger partial charge in [-0.05, 0) is 5.92 Å². The number of alkyl carbamates (subject to hydrolysis) is 1. The highest BCUT2D eigenvalue weighted by Crippen LogP contribution is 2.06. The summed E-state index contributed by atoms with van der Waals surface area (Å²) in [5, 5.41) is 2.38. The fraction of sp³-hybridized carbons (Fsp3) is 0.750. The molecule has 0 fully saturated rings. The maximum absolute atomic E-state index is 10.9. The van der Waals surface area contributed by atoms with Gasteiger partial charge >= 0.3 is 6.09 Å². The molecule has 5 nitrogen and oxygen atoms in total. The van der Waals surface area contributed by atoms with Crippen LogP contribution in [0.25, 0.3) is 0 Å². The van der Waals surface area contributed by atoms with Gasteiger partial charge in [-0.1, -0.05) is 20.3 Å². The van der Waals surface area contributed by atoms with Crippen LogP contribution in [-0.2, 0) is 9.53 Å². The minimum Gasteiger partial charge on any atom is -0.453 e. The first-order chi connectivity index (χ1) is 6.02. The maximum Gasteiger partial charge on any atom is 0.407 e. The highest BCUT2D eigenvalue weighted by atomic mass is 16.5. The summed E-state index contributed by atoms with van der Waals surface area (Å²) in [5.74, 6) is -0.531. The summed E-state index contributed by atoms with van der Waals surface area (Å²) in [6.07, 6.45) is 0.126. The lowest BCUT2D eigenvalue weighted by atomic mass is 9.99. The number of methoxy groups -OCH3 is 1. The van der Waals surface area contributed by atoms with Crippen molar-refractivity contribution in [2.24, 2.45) is 11.7 Å². The molecule has 2 amide bonds. The molecular weight excluding hydrogens is 172 g/mol. The van der Waals surface area contributed by atoms with E-state index in [1.807, 2.05) is 13.8 Å². The standard InChI is InChI=1S/C8H16N2O3/c1-4-5(2)6(7(9)11)10-8(12)13-3/h5-6H,4H2,1-3H3,(H2,9,11)(H,10,12)/t5-,6?/m0/s1. The summed E-state index contributed by atoms with van der Waals surface area (Å²) in [6.45, 7) is 3.75. The van der Waals surface area contributed by atoms with Gasteiger partial charge in [-0.25, -0.2) is 4.79 Å². The Morgan fingerprint density at radius 1 is 1.54 bits per heavy atom. The van der Waals surface area contributed by atoms with Crippen LogP contribution in [0.2, 0.25) is 0 Å². The van der Waals surface area contributed by atoms with Gasteiger partial charge < -0.3 is 15.8 Å². The number of hydrogen-bond acceptors (Lipinski definition) is 3. The highest BCUT2D eigenvalue weighted by Gasteiger charge is 2.23. The summed E-state index contributed by atoms with van der Waals surface area (Å²) in [6, 6.07) is -0.655. The summed E-state index contributed by atoms with van der Waals surface area (Å²) in [5.41, 5.74) is 5.11. The van der Waals surface area contributed by atoms with E-state index in [-0.39, 0.29) is 5.92 Å². The van der Waals surface area contributed by atoms with E-state index in [9.17, 15) is 9.59 Å². The number of ether oxygens (including phenoxy) is 1. The Morgan fingerprint density at radius 2 is 2.08 bits per heavy atom. The third kappa shape index (κ3) is 3.78. The van der Waals surface area contributed by atoms with E-state index in [1.165, 1.54) is 7.11 Å². The molecule has 76 valence electrons. The first-order valence-electron chi connectivity index (χ1n) is 4.16. The Balaban J connectivity index is 4.26. The molecule has 0 saturated heterocycles. The van der Waals surface area contributed by atoms with Crippen LogP contribution in [-0.4, -0.2) is 25.2 Å². The van der Waals surface area contributed by atoms with Crippen molar-refractivity contribution in [3.63, 3.8) is 0 Å². The fourth-order valence-corrected chi connectivity index (χ4v) is 0.915. The van der Waals surface area contributed by atoms with Gasteiger partial charge in [0.1, 0.15) is 6.04 Å². The monoisotopic (exact) mass is 188 g/mol. The lowest BCUT2D eigenvalue weighted by Gasteiger charge is -2.19. The van der Waals surface area contributed by atoms with Crippen LogP contribution in [0.5, 0.6) is 0 Å². The van der Waals surface area contributed by atoms with Crippen molar-refractivity contribution in [3.8, 4) is 0 Å². The number of carbonyl (C=O) groups excluding carboxylic acids is 2. The van der Waals surface area contributed by atoms with Gasteiger partial charge in [-0.15, -0.1) is 0 Å². The second-order valence-electron chi connectivity index (χ2n) is 2.90. The van der Waals surface area contributed by atoms with Crippen LogP contribution >= 0.6 is 0 Å². The first-order valence-corrected chi connectivity index (χ1v) is 4.16. The molecule has 5 heteroatoms. The van der Waals surface area contributed by atoms with Gasteiger partial charge in [0, 0.05) is 0 Å². The summed E-state index contributed by atoms with van der Waals surface area (Å²) in [4.78, 5) is 21.7. The largest absolute Gasteiger partial charge is 0.453 e. The van der Waals surface area contributed by atoms with Crippen molar-refractivity contribution < 1.29 is 14.3 Å². The van der Waals surface area contributed by atoms with Crippen molar-refractivity contribution >= 4 is 12.0 Å². The van der Waals surface area contributed by atoms with E-state index in [0.29, 0.717) is 0 Å². The van der Waals surface area contributed by atoms with Gasteiger partial charge in [-0.2, -0.15) is 0 Å². The van der Waals surface area contributed by atoms with Crippen molar-refractivity contribution in [1.29, 1.82) is 0 Å². The maximum atomic E-state index is 10.9. The van der Waals surface area contributed by atoms with E-state index >= 15 is 0 Å². The molecule has 0 bridgehead atoms. The molecular formula is C8H16N2O3. The normalized spacial score (nSPS) is 14.4. The minimum atomic E-state index is -0.655. The minimum absolute atomic E-state index is 0.0107. The average Bonchev–Trinajstić information content (AvgIpc) is 2.11. The number of carbonyl (C=O) groups is 2. The van der Waals surface area contributed by atoms with E-state index in [4.69, 9.17) is 5.73 Å². The zero-order chi connectivity index (χ0) is 10.4. The molecule has 3 N–H and O–H groups in total. The van der Waals surface area contributed by atoms with Crippen LogP contribution in [0, 0.1) is 5.92 Å². The molecule has 0 aliphatic heterocycles. The van der Waals surface area contributed by atoms with Gasteiger partial charge in [-0.3, -0.25) is 4.79 Å². The fourth-order valence-electron chi connectivity index (χ4n) is 0.915. The lowest BCUT2D eigenvalue weighted by Crippen LogP contribution is -2.48. The summed E-state index contributed by atoms with van der Waals surface area (Å²) in [7, 11) is 1.24. The summed E-state index contributed by atoms with van der Waals surface area (Å²) >= 11 is 0. The predicted octanol–water partition coefficient (Wildman–Crippen LogP) is 0.242. The third-order valence-corrected chi connectivity index (χ3v) is 1.98. The molecule has 0 aromatic heterocycles. The molecule has 0 spiro atoms. The zero-order valence-corrected chi connectivity index (χ0v) is 8.16. The molecule has 0 radical (unpaired) electrons. The van der Waals surface area contributed by atoms with Crippen molar-refractivity contribution in [2.45, 2.75) is 26.3 Å². The topological polar surface area (TPSA) is 81.4 Å². The molecule has 13 heavy (non-hydrogen) atoms. The molecule has 0 aromatic rings. The number of rotatable bonds is 4. The molecule has 0 saturated carbocycles. The van der Waals surface area contributed by atoms with Gasteiger partial charge in [0.25, 0.3) is 0 Å². The Bertz CT molecular complexity index is 194. The average molecular weight is 188 g/mol. The van der Waals surface area contributed by atoms with Crippen LogP contribution in [0.3, 0.4) is 0 Å². The van der Waals surface area contributed by atoms with E-state index < -0.39 is 18.0 Å². The molecule has 0 aliphatic rings. The zero-order valence-electron chi connectivity index (χ0n) is 8.16. The molecule has 0 aromatic carbocycles. The molecule has 0 aliphatic carbocycles. The number of hydrogen-bond donors (Lipinski definition) is 2.